The number of anilines is 2. The van der Waals surface area contributed by atoms with Gasteiger partial charge in [0.1, 0.15) is 0 Å². The Morgan fingerprint density at radius 2 is 1.93 bits per heavy atom. The SMILES string of the molecule is Cc1ccncc1-c1cc(NC(=O)N2CCc3ccc(CCl)cc32)ccc1C. The summed E-state index contributed by atoms with van der Waals surface area (Å²) in [5.74, 6) is 0.439. The van der Waals surface area contributed by atoms with Crippen molar-refractivity contribution in [1.29, 1.82) is 0 Å². The second-order valence-corrected chi connectivity index (χ2v) is 7.42. The third kappa shape index (κ3) is 3.48. The molecule has 0 unspecified atom stereocenters. The van der Waals surface area contributed by atoms with Crippen LogP contribution in [0.3, 0.4) is 0 Å². The quantitative estimate of drug-likeness (QED) is 0.582. The van der Waals surface area contributed by atoms with Crippen LogP contribution in [0.1, 0.15) is 22.3 Å². The minimum atomic E-state index is -0.122. The van der Waals surface area contributed by atoms with Crippen LogP contribution in [0.15, 0.2) is 54.9 Å². The van der Waals surface area contributed by atoms with Gasteiger partial charge in [-0.25, -0.2) is 4.79 Å². The number of alkyl halides is 1. The van der Waals surface area contributed by atoms with Crippen LogP contribution < -0.4 is 10.2 Å². The Morgan fingerprint density at radius 1 is 1.11 bits per heavy atom. The van der Waals surface area contributed by atoms with Crippen molar-refractivity contribution in [3.63, 3.8) is 0 Å². The third-order valence-corrected chi connectivity index (χ3v) is 5.57. The van der Waals surface area contributed by atoms with E-state index in [2.05, 4.69) is 30.2 Å². The molecule has 4 nitrogen and oxygen atoms in total. The van der Waals surface area contributed by atoms with E-state index in [1.807, 2.05) is 42.6 Å². The smallest absolute Gasteiger partial charge is 0.308 e. The molecule has 1 aliphatic heterocycles. The van der Waals surface area contributed by atoms with E-state index < -0.39 is 0 Å². The standard InChI is InChI=1S/C23H22ClN3O/c1-15-3-6-19(12-20(15)21-14-25-9-7-16(21)2)26-23(28)27-10-8-18-5-4-17(13-24)11-22(18)27/h3-7,9,11-12,14H,8,10,13H2,1-2H3,(H,26,28). The average Bonchev–Trinajstić information content (AvgIpc) is 3.13. The van der Waals surface area contributed by atoms with Crippen molar-refractivity contribution in [2.45, 2.75) is 26.1 Å². The van der Waals surface area contributed by atoms with E-state index in [9.17, 15) is 4.79 Å². The molecule has 142 valence electrons. The number of hydrogen-bond acceptors (Lipinski definition) is 2. The maximum atomic E-state index is 12.9. The molecular weight excluding hydrogens is 370 g/mol. The molecule has 1 N–H and O–H groups in total. The molecule has 0 saturated heterocycles. The van der Waals surface area contributed by atoms with Crippen molar-refractivity contribution < 1.29 is 4.79 Å². The van der Waals surface area contributed by atoms with Crippen LogP contribution in [0.5, 0.6) is 0 Å². The van der Waals surface area contributed by atoms with Crippen LogP contribution in [0.2, 0.25) is 0 Å². The number of carbonyl (C=O) groups excluding carboxylic acids is 1. The number of rotatable bonds is 3. The van der Waals surface area contributed by atoms with Gasteiger partial charge >= 0.3 is 6.03 Å². The molecule has 0 saturated carbocycles. The summed E-state index contributed by atoms with van der Waals surface area (Å²) < 4.78 is 0. The summed E-state index contributed by atoms with van der Waals surface area (Å²) in [4.78, 5) is 19.0. The van der Waals surface area contributed by atoms with E-state index in [1.165, 1.54) is 5.56 Å². The van der Waals surface area contributed by atoms with Gasteiger partial charge in [-0.15, -0.1) is 11.6 Å². The van der Waals surface area contributed by atoms with Gasteiger partial charge < -0.3 is 5.32 Å². The lowest BCUT2D eigenvalue weighted by atomic mass is 9.98. The van der Waals surface area contributed by atoms with Gasteiger partial charge in [-0.3, -0.25) is 9.88 Å². The molecule has 5 heteroatoms. The number of pyridine rings is 1. The summed E-state index contributed by atoms with van der Waals surface area (Å²) >= 11 is 5.96. The van der Waals surface area contributed by atoms with Crippen LogP contribution in [-0.2, 0) is 12.3 Å². The van der Waals surface area contributed by atoms with Gasteiger partial charge in [0.15, 0.2) is 0 Å². The van der Waals surface area contributed by atoms with Crippen molar-refractivity contribution in [1.82, 2.24) is 4.98 Å². The lowest BCUT2D eigenvalue weighted by Gasteiger charge is -2.19. The second kappa shape index (κ2) is 7.64. The van der Waals surface area contributed by atoms with Crippen molar-refractivity contribution in [3.05, 3.63) is 77.1 Å². The predicted molar refractivity (Wildman–Crippen MR) is 115 cm³/mol. The molecule has 2 heterocycles. The van der Waals surface area contributed by atoms with Gasteiger partial charge in [0.05, 0.1) is 0 Å². The van der Waals surface area contributed by atoms with Gasteiger partial charge in [-0.05, 0) is 72.4 Å². The maximum absolute atomic E-state index is 12.9. The van der Waals surface area contributed by atoms with E-state index in [-0.39, 0.29) is 6.03 Å². The number of nitrogens with zero attached hydrogens (tertiary/aromatic N) is 2. The van der Waals surface area contributed by atoms with Gasteiger partial charge in [-0.1, -0.05) is 18.2 Å². The molecule has 28 heavy (non-hydrogen) atoms. The molecule has 4 rings (SSSR count). The Hall–Kier alpha value is -2.85. The number of hydrogen-bond donors (Lipinski definition) is 1. The molecule has 1 aromatic heterocycles. The highest BCUT2D eigenvalue weighted by Crippen LogP contribution is 2.32. The van der Waals surface area contributed by atoms with Crippen LogP contribution in [-0.4, -0.2) is 17.6 Å². The van der Waals surface area contributed by atoms with E-state index in [4.69, 9.17) is 11.6 Å². The molecule has 0 atom stereocenters. The summed E-state index contributed by atoms with van der Waals surface area (Å²) in [6, 6.07) is 14.0. The summed E-state index contributed by atoms with van der Waals surface area (Å²) in [6.07, 6.45) is 4.52. The zero-order valence-corrected chi connectivity index (χ0v) is 16.8. The molecule has 3 aromatic rings. The number of amides is 2. The lowest BCUT2D eigenvalue weighted by molar-refractivity contribution is 0.257. The fourth-order valence-corrected chi connectivity index (χ4v) is 3.81. The van der Waals surface area contributed by atoms with Crippen molar-refractivity contribution in [3.8, 4) is 11.1 Å². The number of benzene rings is 2. The van der Waals surface area contributed by atoms with Gasteiger partial charge in [0, 0.05) is 41.8 Å². The number of halogens is 1. The Kier molecular flexibility index (Phi) is 5.05. The molecule has 0 fully saturated rings. The van der Waals surface area contributed by atoms with Crippen LogP contribution in [0.25, 0.3) is 11.1 Å². The first-order valence-corrected chi connectivity index (χ1v) is 9.88. The highest BCUT2D eigenvalue weighted by atomic mass is 35.5. The summed E-state index contributed by atoms with van der Waals surface area (Å²) in [6.45, 7) is 4.81. The topological polar surface area (TPSA) is 45.2 Å². The molecule has 0 aliphatic carbocycles. The second-order valence-electron chi connectivity index (χ2n) is 7.15. The molecule has 0 radical (unpaired) electrons. The first-order chi connectivity index (χ1) is 13.6. The lowest BCUT2D eigenvalue weighted by Crippen LogP contribution is -2.33. The van der Waals surface area contributed by atoms with Crippen LogP contribution in [0, 0.1) is 13.8 Å². The average molecular weight is 392 g/mol. The van der Waals surface area contributed by atoms with Crippen molar-refractivity contribution >= 4 is 29.0 Å². The summed E-state index contributed by atoms with van der Waals surface area (Å²) in [5, 5.41) is 3.05. The molecule has 2 aromatic carbocycles. The van der Waals surface area contributed by atoms with Gasteiger partial charge in [0.2, 0.25) is 0 Å². The molecule has 1 aliphatic rings. The largest absolute Gasteiger partial charge is 0.326 e. The van der Waals surface area contributed by atoms with Gasteiger partial charge in [0.25, 0.3) is 0 Å². The first-order valence-electron chi connectivity index (χ1n) is 9.35. The first kappa shape index (κ1) is 18.5. The van der Waals surface area contributed by atoms with E-state index in [0.717, 1.165) is 45.6 Å². The Balaban J connectivity index is 1.60. The van der Waals surface area contributed by atoms with Crippen LogP contribution >= 0.6 is 11.6 Å². The highest BCUT2D eigenvalue weighted by Gasteiger charge is 2.25. The fourth-order valence-electron chi connectivity index (χ4n) is 3.65. The minimum Gasteiger partial charge on any atom is -0.308 e. The number of aromatic nitrogens is 1. The minimum absolute atomic E-state index is 0.122. The molecule has 0 bridgehead atoms. The van der Waals surface area contributed by atoms with Crippen molar-refractivity contribution in [2.24, 2.45) is 0 Å². The van der Waals surface area contributed by atoms with Crippen molar-refractivity contribution in [2.75, 3.05) is 16.8 Å². The number of urea groups is 1. The third-order valence-electron chi connectivity index (χ3n) is 5.26. The van der Waals surface area contributed by atoms with E-state index in [0.29, 0.717) is 12.4 Å². The number of carbonyl (C=O) groups is 1. The molecule has 2 amide bonds. The number of aryl methyl sites for hydroxylation is 2. The predicted octanol–water partition coefficient (Wildman–Crippen LogP) is 5.70. The van der Waals surface area contributed by atoms with E-state index >= 15 is 0 Å². The number of nitrogens with one attached hydrogen (secondary N) is 1. The Labute approximate surface area is 170 Å². The Bertz CT molecular complexity index is 1050. The zero-order chi connectivity index (χ0) is 19.7. The Morgan fingerprint density at radius 3 is 2.71 bits per heavy atom. The monoisotopic (exact) mass is 391 g/mol. The molecular formula is C23H22ClN3O. The zero-order valence-electron chi connectivity index (χ0n) is 16.0. The summed E-state index contributed by atoms with van der Waals surface area (Å²) in [7, 11) is 0. The van der Waals surface area contributed by atoms with E-state index in [1.54, 1.807) is 11.1 Å². The maximum Gasteiger partial charge on any atom is 0.326 e. The molecule has 0 spiro atoms. The summed E-state index contributed by atoms with van der Waals surface area (Å²) in [5.41, 5.74) is 8.38. The normalized spacial score (nSPS) is 12.8. The highest BCUT2D eigenvalue weighted by molar-refractivity contribution is 6.17. The fraction of sp³-hybridized carbons (Fsp3) is 0.217. The van der Waals surface area contributed by atoms with Crippen LogP contribution in [0.4, 0.5) is 16.2 Å². The number of fused-ring (bicyclic) bond motifs is 1. The van der Waals surface area contributed by atoms with Gasteiger partial charge in [-0.2, -0.15) is 0 Å².